The zero-order chi connectivity index (χ0) is 33.0. The highest BCUT2D eigenvalue weighted by Gasteiger charge is 2.58. The highest BCUT2D eigenvalue weighted by atomic mass is 19.1. The summed E-state index contributed by atoms with van der Waals surface area (Å²) in [6, 6.07) is 8.09. The third-order valence-electron chi connectivity index (χ3n) is 9.70. The number of halogens is 2. The fraction of sp³-hybridized carbons (Fsp3) is 0.455. The van der Waals surface area contributed by atoms with E-state index in [1.54, 1.807) is 17.9 Å². The van der Waals surface area contributed by atoms with Crippen LogP contribution >= 0.6 is 0 Å². The van der Waals surface area contributed by atoms with Gasteiger partial charge in [0.05, 0.1) is 12.7 Å². The molecular weight excluding hydrogens is 612 g/mol. The number of carbonyl (C=O) groups is 4. The molecule has 0 bridgehead atoms. The van der Waals surface area contributed by atoms with Crippen LogP contribution in [-0.4, -0.2) is 79.7 Å². The topological polar surface area (TPSA) is 153 Å². The molecule has 2 aliphatic carbocycles. The molecule has 4 atom stereocenters. The van der Waals surface area contributed by atoms with E-state index in [4.69, 9.17) is 10.5 Å². The van der Waals surface area contributed by atoms with Crippen LogP contribution in [0.5, 0.6) is 5.75 Å². The standard InChI is InChI=1S/C33H35F2N7O5/c1-40(30(44)25(12-19-9-10-19)42-16-23(38-39-42)20-5-3-2-4-6-20)24(11-18-7-8-18)31(45)41-17-33(15-26(41)29(36)43)32(46)37-28-22(35)13-21(34)14-27(28)47-33/h2-6,13-14,16,18-19,24-26H,7-12,15,17H2,1H3,(H2,36,43)(H,37,46)/t24-,25-,26-,33+/m0/s1. The van der Waals surface area contributed by atoms with Crippen LogP contribution in [0.4, 0.5) is 14.5 Å². The number of fused-ring (bicyclic) bond motifs is 1. The molecule has 3 fully saturated rings. The molecule has 1 saturated heterocycles. The van der Waals surface area contributed by atoms with E-state index in [1.165, 1.54) is 9.80 Å². The molecule has 246 valence electrons. The fourth-order valence-electron chi connectivity index (χ4n) is 6.67. The predicted octanol–water partition coefficient (Wildman–Crippen LogP) is 3.05. The molecule has 7 rings (SSSR count). The highest BCUT2D eigenvalue weighted by molar-refractivity contribution is 6.03. The van der Waals surface area contributed by atoms with E-state index in [-0.39, 0.29) is 29.7 Å². The Bertz CT molecular complexity index is 1740. The number of nitrogens with one attached hydrogen (secondary N) is 1. The number of nitrogens with two attached hydrogens (primary N) is 1. The maximum atomic E-state index is 14.4. The number of nitrogens with zero attached hydrogens (tertiary/aromatic N) is 5. The summed E-state index contributed by atoms with van der Waals surface area (Å²) in [7, 11) is 1.57. The molecule has 1 aromatic heterocycles. The van der Waals surface area contributed by atoms with Gasteiger partial charge in [-0.3, -0.25) is 19.2 Å². The number of likely N-dealkylation sites (N-methyl/N-ethyl adjacent to an activating group) is 1. The van der Waals surface area contributed by atoms with Gasteiger partial charge in [-0.25, -0.2) is 13.5 Å². The highest BCUT2D eigenvalue weighted by Crippen LogP contribution is 2.43. The van der Waals surface area contributed by atoms with Crippen molar-refractivity contribution in [3.63, 3.8) is 0 Å². The Morgan fingerprint density at radius 1 is 1.11 bits per heavy atom. The second-order valence-corrected chi connectivity index (χ2v) is 13.2. The Balaban J connectivity index is 1.17. The smallest absolute Gasteiger partial charge is 0.270 e. The lowest BCUT2D eigenvalue weighted by Gasteiger charge is -2.36. The number of aromatic nitrogens is 3. The van der Waals surface area contributed by atoms with E-state index >= 15 is 0 Å². The van der Waals surface area contributed by atoms with E-state index in [9.17, 15) is 28.0 Å². The molecule has 14 heteroatoms. The Morgan fingerprint density at radius 3 is 2.49 bits per heavy atom. The molecule has 2 aromatic carbocycles. The van der Waals surface area contributed by atoms with Crippen molar-refractivity contribution in [1.29, 1.82) is 0 Å². The fourth-order valence-corrected chi connectivity index (χ4v) is 6.67. The zero-order valence-electron chi connectivity index (χ0n) is 25.8. The van der Waals surface area contributed by atoms with Crippen molar-refractivity contribution in [2.75, 3.05) is 18.9 Å². The number of anilines is 1. The first kappa shape index (κ1) is 30.8. The predicted molar refractivity (Wildman–Crippen MR) is 163 cm³/mol. The second kappa shape index (κ2) is 11.7. The van der Waals surface area contributed by atoms with Gasteiger partial charge >= 0.3 is 0 Å². The van der Waals surface area contributed by atoms with Crippen LogP contribution in [-0.2, 0) is 19.2 Å². The number of carbonyl (C=O) groups excluding carboxylic acids is 4. The third-order valence-corrected chi connectivity index (χ3v) is 9.70. The first-order chi connectivity index (χ1) is 22.5. The molecule has 4 amide bonds. The summed E-state index contributed by atoms with van der Waals surface area (Å²) in [5.74, 6) is -4.19. The van der Waals surface area contributed by atoms with E-state index in [0.717, 1.165) is 37.3 Å². The second-order valence-electron chi connectivity index (χ2n) is 13.2. The van der Waals surface area contributed by atoms with E-state index in [2.05, 4.69) is 15.6 Å². The van der Waals surface area contributed by atoms with E-state index in [1.807, 2.05) is 30.3 Å². The maximum Gasteiger partial charge on any atom is 0.270 e. The minimum atomic E-state index is -1.82. The molecule has 3 aromatic rings. The van der Waals surface area contributed by atoms with Gasteiger partial charge in [-0.2, -0.15) is 0 Å². The third kappa shape index (κ3) is 5.92. The minimum Gasteiger partial charge on any atom is -0.473 e. The first-order valence-electron chi connectivity index (χ1n) is 15.9. The molecule has 1 spiro atoms. The number of rotatable bonds is 10. The normalized spacial score (nSPS) is 23.1. The number of primary amides is 1. The van der Waals surface area contributed by atoms with Gasteiger partial charge in [-0.05, 0) is 24.7 Å². The molecule has 12 nitrogen and oxygen atoms in total. The molecule has 0 radical (unpaired) electrons. The number of ether oxygens (including phenoxy) is 1. The van der Waals surface area contributed by atoms with Gasteiger partial charge in [-0.15, -0.1) is 5.10 Å². The van der Waals surface area contributed by atoms with Crippen LogP contribution in [0.3, 0.4) is 0 Å². The number of amides is 4. The quantitative estimate of drug-likeness (QED) is 0.343. The number of hydrogen-bond acceptors (Lipinski definition) is 7. The van der Waals surface area contributed by atoms with Crippen LogP contribution in [0.1, 0.15) is 51.0 Å². The molecule has 4 aliphatic rings. The molecule has 0 unspecified atom stereocenters. The van der Waals surface area contributed by atoms with E-state index in [0.29, 0.717) is 30.5 Å². The first-order valence-corrected chi connectivity index (χ1v) is 15.9. The Kier molecular flexibility index (Phi) is 7.68. The number of hydrogen-bond donors (Lipinski definition) is 2. The summed E-state index contributed by atoms with van der Waals surface area (Å²) in [6.45, 7) is -0.402. The zero-order valence-corrected chi connectivity index (χ0v) is 25.8. The van der Waals surface area contributed by atoms with Gasteiger partial charge < -0.3 is 25.6 Å². The molecule has 2 aliphatic heterocycles. The summed E-state index contributed by atoms with van der Waals surface area (Å²) in [5, 5.41) is 11.0. The van der Waals surface area contributed by atoms with Gasteiger partial charge in [0, 0.05) is 31.2 Å². The Hall–Kier alpha value is -4.88. The average Bonchev–Trinajstić information content (AvgIpc) is 3.97. The van der Waals surface area contributed by atoms with Gasteiger partial charge in [0.1, 0.15) is 35.3 Å². The minimum absolute atomic E-state index is 0.202. The molecular formula is C33H35F2N7O5. The van der Waals surface area contributed by atoms with E-state index < -0.39 is 59.6 Å². The van der Waals surface area contributed by atoms with Crippen LogP contribution in [0.25, 0.3) is 11.3 Å². The monoisotopic (exact) mass is 647 g/mol. The van der Waals surface area contributed by atoms with Crippen LogP contribution in [0.2, 0.25) is 0 Å². The van der Waals surface area contributed by atoms with Crippen LogP contribution in [0.15, 0.2) is 48.7 Å². The van der Waals surface area contributed by atoms with Crippen molar-refractivity contribution in [1.82, 2.24) is 24.8 Å². The number of likely N-dealkylation sites (tertiary alicyclic amines) is 1. The SMILES string of the molecule is CN(C(=O)[C@H](CC1CC1)n1cc(-c2ccccc2)nn1)[C@@H](CC1CC1)C(=O)N1C[C@@]2(C[C@H]1C(N)=O)Oc1cc(F)cc(F)c1NC2=O. The van der Waals surface area contributed by atoms with Crippen molar-refractivity contribution in [3.05, 3.63) is 60.3 Å². The van der Waals surface area contributed by atoms with Gasteiger partial charge in [0.15, 0.2) is 11.6 Å². The Morgan fingerprint density at radius 2 is 1.81 bits per heavy atom. The maximum absolute atomic E-state index is 14.4. The summed E-state index contributed by atoms with van der Waals surface area (Å²) in [5.41, 5.74) is 5.07. The van der Waals surface area contributed by atoms with Crippen molar-refractivity contribution in [2.45, 2.75) is 68.7 Å². The largest absolute Gasteiger partial charge is 0.473 e. The lowest BCUT2D eigenvalue weighted by Crippen LogP contribution is -2.56. The van der Waals surface area contributed by atoms with Gasteiger partial charge in [0.2, 0.25) is 23.3 Å². The summed E-state index contributed by atoms with van der Waals surface area (Å²) in [4.78, 5) is 57.4. The summed E-state index contributed by atoms with van der Waals surface area (Å²) < 4.78 is 36.0. The van der Waals surface area contributed by atoms with Gasteiger partial charge in [-0.1, -0.05) is 61.2 Å². The van der Waals surface area contributed by atoms with Crippen molar-refractivity contribution in [3.8, 4) is 17.0 Å². The molecule has 3 heterocycles. The van der Waals surface area contributed by atoms with Crippen molar-refractivity contribution < 1.29 is 32.7 Å². The lowest BCUT2D eigenvalue weighted by atomic mass is 9.96. The average molecular weight is 648 g/mol. The molecule has 47 heavy (non-hydrogen) atoms. The van der Waals surface area contributed by atoms with Crippen molar-refractivity contribution in [2.24, 2.45) is 17.6 Å². The lowest BCUT2D eigenvalue weighted by molar-refractivity contribution is -0.149. The molecule has 2 saturated carbocycles. The summed E-state index contributed by atoms with van der Waals surface area (Å²) in [6.07, 6.45) is 6.07. The van der Waals surface area contributed by atoms with Crippen LogP contribution < -0.4 is 15.8 Å². The molecule has 3 N–H and O–H groups in total. The number of benzene rings is 2. The van der Waals surface area contributed by atoms with Crippen LogP contribution in [0, 0.1) is 23.5 Å². The van der Waals surface area contributed by atoms with Gasteiger partial charge in [0.25, 0.3) is 5.91 Å². The Labute approximate surface area is 269 Å². The summed E-state index contributed by atoms with van der Waals surface area (Å²) >= 11 is 0. The van der Waals surface area contributed by atoms with Crippen molar-refractivity contribution >= 4 is 29.3 Å².